The Labute approximate surface area is 152 Å². The van der Waals surface area contributed by atoms with Crippen molar-refractivity contribution in [3.8, 4) is 0 Å². The third-order valence-corrected chi connectivity index (χ3v) is 7.15. The Morgan fingerprint density at radius 3 is 2.54 bits per heavy atom. The smallest absolute Gasteiger partial charge is 0.240 e. The number of hydrogen-bond donors (Lipinski definition) is 1. The first kappa shape index (κ1) is 17.7. The van der Waals surface area contributed by atoms with E-state index >= 15 is 0 Å². The molecule has 1 N–H and O–H groups in total. The summed E-state index contributed by atoms with van der Waals surface area (Å²) in [5.74, 6) is 0. The summed E-state index contributed by atoms with van der Waals surface area (Å²) >= 11 is 7.49. The molecule has 1 saturated carbocycles. The second kappa shape index (κ2) is 7.87. The molecule has 0 saturated heterocycles. The SMILES string of the molecule is O=S(=O)(N[C@@H]1CCCC[C@@H]1Sc1ccccn1)c1ccc(Cl)cc1. The third-order valence-electron chi connectivity index (χ3n) is 4.04. The summed E-state index contributed by atoms with van der Waals surface area (Å²) < 4.78 is 28.1. The van der Waals surface area contributed by atoms with Gasteiger partial charge in [-0.1, -0.05) is 30.5 Å². The Balaban J connectivity index is 1.74. The van der Waals surface area contributed by atoms with E-state index < -0.39 is 10.0 Å². The molecule has 1 aromatic carbocycles. The van der Waals surface area contributed by atoms with Gasteiger partial charge in [0.15, 0.2) is 0 Å². The molecule has 0 aliphatic heterocycles. The van der Waals surface area contributed by atoms with Crippen molar-refractivity contribution < 1.29 is 8.42 Å². The molecule has 3 rings (SSSR count). The molecular formula is C17H19ClN2O2S2. The van der Waals surface area contributed by atoms with Crippen molar-refractivity contribution in [3.63, 3.8) is 0 Å². The summed E-state index contributed by atoms with van der Waals surface area (Å²) in [4.78, 5) is 4.59. The van der Waals surface area contributed by atoms with Gasteiger partial charge in [-0.3, -0.25) is 0 Å². The van der Waals surface area contributed by atoms with Crippen LogP contribution in [0.25, 0.3) is 0 Å². The van der Waals surface area contributed by atoms with Crippen molar-refractivity contribution in [3.05, 3.63) is 53.7 Å². The maximum atomic E-state index is 12.6. The molecule has 2 aromatic rings. The minimum absolute atomic E-state index is 0.0913. The van der Waals surface area contributed by atoms with Crippen LogP contribution in [0.2, 0.25) is 5.02 Å². The maximum absolute atomic E-state index is 12.6. The fourth-order valence-electron chi connectivity index (χ4n) is 2.83. The highest BCUT2D eigenvalue weighted by Crippen LogP contribution is 2.33. The summed E-state index contributed by atoms with van der Waals surface area (Å²) in [5, 5.41) is 1.64. The van der Waals surface area contributed by atoms with Crippen LogP contribution < -0.4 is 4.72 Å². The zero-order valence-corrected chi connectivity index (χ0v) is 15.4. The molecule has 0 bridgehead atoms. The van der Waals surface area contributed by atoms with Gasteiger partial charge in [-0.15, -0.1) is 11.8 Å². The number of hydrogen-bond acceptors (Lipinski definition) is 4. The number of thioether (sulfide) groups is 1. The average molecular weight is 383 g/mol. The Hall–Kier alpha value is -1.08. The van der Waals surface area contributed by atoms with Crippen molar-refractivity contribution >= 4 is 33.4 Å². The minimum Gasteiger partial charge on any atom is -0.250 e. The molecule has 7 heteroatoms. The predicted octanol–water partition coefficient (Wildman–Crippen LogP) is 4.12. The number of pyridine rings is 1. The van der Waals surface area contributed by atoms with E-state index in [4.69, 9.17) is 11.6 Å². The number of aromatic nitrogens is 1. The van der Waals surface area contributed by atoms with Crippen molar-refractivity contribution in [2.45, 2.75) is 46.9 Å². The lowest BCUT2D eigenvalue weighted by Gasteiger charge is -2.31. The van der Waals surface area contributed by atoms with Crippen molar-refractivity contribution in [1.82, 2.24) is 9.71 Å². The van der Waals surface area contributed by atoms with Crippen LogP contribution in [0.4, 0.5) is 0 Å². The molecule has 0 unspecified atom stereocenters. The lowest BCUT2D eigenvalue weighted by molar-refractivity contribution is 0.422. The van der Waals surface area contributed by atoms with Crippen LogP contribution in [0, 0.1) is 0 Å². The van der Waals surface area contributed by atoms with Gasteiger partial charge in [-0.05, 0) is 49.2 Å². The molecule has 1 aliphatic carbocycles. The van der Waals surface area contributed by atoms with Crippen molar-refractivity contribution in [2.75, 3.05) is 0 Å². The van der Waals surface area contributed by atoms with Gasteiger partial charge in [-0.25, -0.2) is 18.1 Å². The minimum atomic E-state index is -3.54. The van der Waals surface area contributed by atoms with Gasteiger partial charge in [-0.2, -0.15) is 0 Å². The fourth-order valence-corrected chi connectivity index (χ4v) is 5.59. The first-order chi connectivity index (χ1) is 11.5. The maximum Gasteiger partial charge on any atom is 0.240 e. The zero-order chi connectivity index (χ0) is 17.0. The van der Waals surface area contributed by atoms with Crippen LogP contribution >= 0.6 is 23.4 Å². The van der Waals surface area contributed by atoms with Crippen LogP contribution in [0.1, 0.15) is 25.7 Å². The first-order valence-corrected chi connectivity index (χ1v) is 10.6. The molecule has 0 radical (unpaired) electrons. The number of rotatable bonds is 5. The summed E-state index contributed by atoms with van der Waals surface area (Å²) in [5.41, 5.74) is 0. The van der Waals surface area contributed by atoms with Gasteiger partial charge in [0.25, 0.3) is 0 Å². The van der Waals surface area contributed by atoms with Gasteiger partial charge in [0.1, 0.15) is 0 Å². The molecule has 1 aliphatic rings. The Morgan fingerprint density at radius 2 is 1.83 bits per heavy atom. The Morgan fingerprint density at radius 1 is 1.08 bits per heavy atom. The lowest BCUT2D eigenvalue weighted by atomic mass is 9.96. The number of nitrogens with one attached hydrogen (secondary N) is 1. The van der Waals surface area contributed by atoms with Gasteiger partial charge in [0.05, 0.1) is 9.92 Å². The van der Waals surface area contributed by atoms with Gasteiger partial charge in [0, 0.05) is 22.5 Å². The highest BCUT2D eigenvalue weighted by atomic mass is 35.5. The Bertz CT molecular complexity index is 767. The van der Waals surface area contributed by atoms with Crippen LogP contribution in [-0.2, 0) is 10.0 Å². The van der Waals surface area contributed by atoms with E-state index in [1.807, 2.05) is 18.2 Å². The summed E-state index contributed by atoms with van der Waals surface area (Å²) in [7, 11) is -3.54. The predicted molar refractivity (Wildman–Crippen MR) is 97.9 cm³/mol. The van der Waals surface area contributed by atoms with Crippen LogP contribution in [-0.4, -0.2) is 24.7 Å². The van der Waals surface area contributed by atoms with Crippen molar-refractivity contribution in [2.24, 2.45) is 0 Å². The highest BCUT2D eigenvalue weighted by Gasteiger charge is 2.30. The quantitative estimate of drug-likeness (QED) is 0.845. The highest BCUT2D eigenvalue weighted by molar-refractivity contribution is 8.00. The molecule has 1 heterocycles. The van der Waals surface area contributed by atoms with Gasteiger partial charge >= 0.3 is 0 Å². The average Bonchev–Trinajstić information content (AvgIpc) is 2.58. The van der Waals surface area contributed by atoms with Crippen LogP contribution in [0.5, 0.6) is 0 Å². The van der Waals surface area contributed by atoms with E-state index in [9.17, 15) is 8.42 Å². The normalized spacial score (nSPS) is 21.5. The van der Waals surface area contributed by atoms with Crippen LogP contribution in [0.15, 0.2) is 58.6 Å². The molecule has 0 amide bonds. The van der Waals surface area contributed by atoms with E-state index in [-0.39, 0.29) is 16.2 Å². The molecule has 128 valence electrons. The second-order valence-corrected chi connectivity index (χ2v) is 9.20. The van der Waals surface area contributed by atoms with E-state index in [1.165, 1.54) is 12.1 Å². The summed E-state index contributed by atoms with van der Waals surface area (Å²) in [6.07, 6.45) is 5.74. The second-order valence-electron chi connectivity index (χ2n) is 5.79. The van der Waals surface area contributed by atoms with Gasteiger partial charge in [0.2, 0.25) is 10.0 Å². The number of nitrogens with zero attached hydrogens (tertiary/aromatic N) is 1. The first-order valence-electron chi connectivity index (χ1n) is 7.90. The van der Waals surface area contributed by atoms with E-state index in [0.29, 0.717) is 5.02 Å². The topological polar surface area (TPSA) is 59.1 Å². The molecule has 1 aromatic heterocycles. The molecule has 2 atom stereocenters. The lowest BCUT2D eigenvalue weighted by Crippen LogP contribution is -2.43. The molecule has 0 spiro atoms. The molecule has 1 fully saturated rings. The van der Waals surface area contributed by atoms with Crippen LogP contribution in [0.3, 0.4) is 0 Å². The summed E-state index contributed by atoms with van der Waals surface area (Å²) in [6.45, 7) is 0. The van der Waals surface area contributed by atoms with E-state index in [0.717, 1.165) is 30.7 Å². The third kappa shape index (κ3) is 4.51. The zero-order valence-electron chi connectivity index (χ0n) is 13.1. The fraction of sp³-hybridized carbons (Fsp3) is 0.353. The monoisotopic (exact) mass is 382 g/mol. The number of sulfonamides is 1. The Kier molecular flexibility index (Phi) is 5.81. The standard InChI is InChI=1S/C17H19ClN2O2S2/c18-13-8-10-14(11-9-13)24(21,22)20-15-5-1-2-6-16(15)23-17-7-3-4-12-19-17/h3-4,7-12,15-16,20H,1-2,5-6H2/t15-,16+/m1/s1. The largest absolute Gasteiger partial charge is 0.250 e. The number of halogens is 1. The summed E-state index contributed by atoms with van der Waals surface area (Å²) in [6, 6.07) is 12.0. The molecular weight excluding hydrogens is 364 g/mol. The van der Waals surface area contributed by atoms with Crippen molar-refractivity contribution in [1.29, 1.82) is 0 Å². The number of benzene rings is 1. The van der Waals surface area contributed by atoms with E-state index in [2.05, 4.69) is 9.71 Å². The molecule has 4 nitrogen and oxygen atoms in total. The van der Waals surface area contributed by atoms with Gasteiger partial charge < -0.3 is 0 Å². The van der Waals surface area contributed by atoms with E-state index in [1.54, 1.807) is 30.1 Å². The molecule has 24 heavy (non-hydrogen) atoms.